The summed E-state index contributed by atoms with van der Waals surface area (Å²) in [5, 5.41) is 3.04. The molecule has 0 spiro atoms. The summed E-state index contributed by atoms with van der Waals surface area (Å²) in [5.41, 5.74) is 6.82. The Bertz CT molecular complexity index is 442. The van der Waals surface area contributed by atoms with E-state index in [4.69, 9.17) is 5.73 Å². The zero-order valence-corrected chi connectivity index (χ0v) is 15.9. The average molecular weight is 380 g/mol. The lowest BCUT2D eigenvalue weighted by atomic mass is 10.0. The number of amides is 1. The molecule has 1 aliphatic heterocycles. The third-order valence-electron chi connectivity index (χ3n) is 3.67. The third-order valence-corrected chi connectivity index (χ3v) is 4.62. The molecule has 1 fully saturated rings. The van der Waals surface area contributed by atoms with E-state index in [1.807, 2.05) is 49.0 Å². The van der Waals surface area contributed by atoms with Crippen LogP contribution in [0.4, 0.5) is 0 Å². The van der Waals surface area contributed by atoms with E-state index in [-0.39, 0.29) is 42.8 Å². The van der Waals surface area contributed by atoms with Crippen LogP contribution in [0.15, 0.2) is 30.3 Å². The molecule has 4 nitrogen and oxygen atoms in total. The first-order chi connectivity index (χ1) is 10.2. The van der Waals surface area contributed by atoms with Crippen LogP contribution in [0.1, 0.15) is 24.9 Å². The summed E-state index contributed by atoms with van der Waals surface area (Å²) < 4.78 is 0. The van der Waals surface area contributed by atoms with Gasteiger partial charge in [0.2, 0.25) is 5.91 Å². The number of nitrogens with zero attached hydrogens (tertiary/aromatic N) is 1. The minimum Gasteiger partial charge on any atom is -0.354 e. The molecule has 1 aliphatic rings. The number of carbonyl (C=O) groups excluding carboxylic acids is 1. The molecule has 1 saturated heterocycles. The molecule has 23 heavy (non-hydrogen) atoms. The summed E-state index contributed by atoms with van der Waals surface area (Å²) >= 11 is 1.95. The zero-order valence-electron chi connectivity index (χ0n) is 13.4. The summed E-state index contributed by atoms with van der Waals surface area (Å²) in [6, 6.07) is 9.99. The lowest BCUT2D eigenvalue weighted by Crippen LogP contribution is -2.44. The van der Waals surface area contributed by atoms with E-state index in [2.05, 4.69) is 10.2 Å². The number of thioether (sulfide) groups is 1. The van der Waals surface area contributed by atoms with E-state index in [1.165, 1.54) is 0 Å². The predicted octanol–water partition coefficient (Wildman–Crippen LogP) is 2.47. The molecule has 1 aromatic carbocycles. The number of carbonyl (C=O) groups is 1. The molecule has 132 valence electrons. The van der Waals surface area contributed by atoms with Gasteiger partial charge in [-0.15, -0.1) is 24.8 Å². The molecule has 2 atom stereocenters. The zero-order chi connectivity index (χ0) is 15.1. The molecule has 1 amide bonds. The van der Waals surface area contributed by atoms with E-state index >= 15 is 0 Å². The summed E-state index contributed by atoms with van der Waals surface area (Å²) in [5.74, 6) is 2.28. The molecule has 2 rings (SSSR count). The van der Waals surface area contributed by atoms with Crippen LogP contribution in [-0.4, -0.2) is 48.0 Å². The van der Waals surface area contributed by atoms with Crippen molar-refractivity contribution in [2.75, 3.05) is 31.1 Å². The Balaban J connectivity index is 0.00000242. The van der Waals surface area contributed by atoms with E-state index < -0.39 is 0 Å². The normalized spacial score (nSPS) is 17.3. The monoisotopic (exact) mass is 379 g/mol. The fraction of sp³-hybridized carbons (Fsp3) is 0.562. The summed E-state index contributed by atoms with van der Waals surface area (Å²) in [6.45, 7) is 4.53. The minimum atomic E-state index is -0.180. The topological polar surface area (TPSA) is 58.4 Å². The number of benzene rings is 1. The number of rotatable bonds is 6. The van der Waals surface area contributed by atoms with Crippen LogP contribution >= 0.6 is 36.6 Å². The SMILES string of the molecule is CC(N)CCNC(=O)C(c1ccccc1)N1CCSCC1.Cl.Cl. The lowest BCUT2D eigenvalue weighted by Gasteiger charge is -2.33. The minimum absolute atomic E-state index is 0. The molecule has 0 bridgehead atoms. The van der Waals surface area contributed by atoms with Crippen molar-refractivity contribution in [3.05, 3.63) is 35.9 Å². The van der Waals surface area contributed by atoms with Crippen molar-refractivity contribution in [1.82, 2.24) is 10.2 Å². The van der Waals surface area contributed by atoms with Gasteiger partial charge in [0.15, 0.2) is 0 Å². The van der Waals surface area contributed by atoms with Crippen LogP contribution in [0.5, 0.6) is 0 Å². The Morgan fingerprint density at radius 2 is 1.87 bits per heavy atom. The molecule has 2 unspecified atom stereocenters. The number of hydrogen-bond acceptors (Lipinski definition) is 4. The van der Waals surface area contributed by atoms with Crippen molar-refractivity contribution in [2.45, 2.75) is 25.4 Å². The maximum atomic E-state index is 12.6. The quantitative estimate of drug-likeness (QED) is 0.796. The van der Waals surface area contributed by atoms with Gasteiger partial charge in [-0.2, -0.15) is 11.8 Å². The van der Waals surface area contributed by atoms with Gasteiger partial charge in [-0.3, -0.25) is 9.69 Å². The first-order valence-electron chi connectivity index (χ1n) is 7.58. The molecule has 7 heteroatoms. The highest BCUT2D eigenvalue weighted by atomic mass is 35.5. The van der Waals surface area contributed by atoms with Crippen LogP contribution in [0, 0.1) is 0 Å². The van der Waals surface area contributed by atoms with Crippen molar-refractivity contribution in [3.8, 4) is 0 Å². The molecule has 1 heterocycles. The van der Waals surface area contributed by atoms with Crippen LogP contribution in [0.25, 0.3) is 0 Å². The molecule has 0 aromatic heterocycles. The number of nitrogens with two attached hydrogens (primary N) is 1. The van der Waals surface area contributed by atoms with Gasteiger partial charge in [-0.1, -0.05) is 30.3 Å². The van der Waals surface area contributed by atoms with Crippen molar-refractivity contribution in [2.24, 2.45) is 5.73 Å². The highest BCUT2D eigenvalue weighted by Crippen LogP contribution is 2.24. The Kier molecular flexibility index (Phi) is 11.7. The van der Waals surface area contributed by atoms with Gasteiger partial charge in [-0.25, -0.2) is 0 Å². The molecular formula is C16H27Cl2N3OS. The van der Waals surface area contributed by atoms with Gasteiger partial charge in [0.1, 0.15) is 6.04 Å². The Hall–Kier alpha value is -0.460. The fourth-order valence-corrected chi connectivity index (χ4v) is 3.45. The molecular weight excluding hydrogens is 353 g/mol. The Morgan fingerprint density at radius 1 is 1.26 bits per heavy atom. The number of hydrogen-bond donors (Lipinski definition) is 2. The van der Waals surface area contributed by atoms with Crippen LogP contribution in [0.3, 0.4) is 0 Å². The summed E-state index contributed by atoms with van der Waals surface area (Å²) in [4.78, 5) is 14.9. The van der Waals surface area contributed by atoms with E-state index in [0.29, 0.717) is 6.54 Å². The van der Waals surface area contributed by atoms with Crippen molar-refractivity contribution in [3.63, 3.8) is 0 Å². The van der Waals surface area contributed by atoms with Gasteiger partial charge in [0.25, 0.3) is 0 Å². The lowest BCUT2D eigenvalue weighted by molar-refractivity contribution is -0.126. The van der Waals surface area contributed by atoms with Gasteiger partial charge in [0, 0.05) is 37.2 Å². The van der Waals surface area contributed by atoms with Crippen LogP contribution < -0.4 is 11.1 Å². The third kappa shape index (κ3) is 7.31. The van der Waals surface area contributed by atoms with E-state index in [1.54, 1.807) is 0 Å². The van der Waals surface area contributed by atoms with Gasteiger partial charge < -0.3 is 11.1 Å². The van der Waals surface area contributed by atoms with Crippen molar-refractivity contribution in [1.29, 1.82) is 0 Å². The van der Waals surface area contributed by atoms with E-state index in [0.717, 1.165) is 36.6 Å². The standard InChI is InChI=1S/C16H25N3OS.2ClH/c1-13(17)7-8-18-16(20)15(14-5-3-2-4-6-14)19-9-11-21-12-10-19;;/h2-6,13,15H,7-12,17H2,1H3,(H,18,20);2*1H. The second-order valence-corrected chi connectivity index (χ2v) is 6.74. The Labute approximate surface area is 155 Å². The second-order valence-electron chi connectivity index (χ2n) is 5.52. The predicted molar refractivity (Wildman–Crippen MR) is 104 cm³/mol. The molecule has 0 saturated carbocycles. The smallest absolute Gasteiger partial charge is 0.241 e. The molecule has 0 radical (unpaired) electrons. The van der Waals surface area contributed by atoms with Crippen molar-refractivity contribution >= 4 is 42.5 Å². The van der Waals surface area contributed by atoms with E-state index in [9.17, 15) is 4.79 Å². The Morgan fingerprint density at radius 3 is 2.43 bits per heavy atom. The van der Waals surface area contributed by atoms with Crippen LogP contribution in [0.2, 0.25) is 0 Å². The van der Waals surface area contributed by atoms with Gasteiger partial charge in [-0.05, 0) is 18.9 Å². The second kappa shape index (κ2) is 12.0. The summed E-state index contributed by atoms with van der Waals surface area (Å²) in [7, 11) is 0. The average Bonchev–Trinajstić information content (AvgIpc) is 2.49. The van der Waals surface area contributed by atoms with Crippen molar-refractivity contribution < 1.29 is 4.79 Å². The first-order valence-corrected chi connectivity index (χ1v) is 8.74. The number of nitrogens with one attached hydrogen (secondary N) is 1. The van der Waals surface area contributed by atoms with Gasteiger partial charge in [0.05, 0.1) is 0 Å². The highest BCUT2D eigenvalue weighted by molar-refractivity contribution is 7.99. The largest absolute Gasteiger partial charge is 0.354 e. The maximum absolute atomic E-state index is 12.6. The molecule has 1 aromatic rings. The number of halogens is 2. The first kappa shape index (κ1) is 22.5. The van der Waals surface area contributed by atoms with Gasteiger partial charge >= 0.3 is 0 Å². The van der Waals surface area contributed by atoms with Crippen LogP contribution in [-0.2, 0) is 4.79 Å². The summed E-state index contributed by atoms with van der Waals surface area (Å²) in [6.07, 6.45) is 0.809. The maximum Gasteiger partial charge on any atom is 0.241 e. The molecule has 0 aliphatic carbocycles. The fourth-order valence-electron chi connectivity index (χ4n) is 2.52. The molecule has 3 N–H and O–H groups in total. The highest BCUT2D eigenvalue weighted by Gasteiger charge is 2.28.